The maximum absolute atomic E-state index is 11.8. The maximum atomic E-state index is 11.8. The number of rotatable bonds is 4. The fourth-order valence-corrected chi connectivity index (χ4v) is 1.69. The van der Waals surface area contributed by atoms with Crippen molar-refractivity contribution in [2.75, 3.05) is 11.6 Å². The Labute approximate surface area is 115 Å². The van der Waals surface area contributed by atoms with E-state index in [1.54, 1.807) is 24.3 Å². The number of nitrogens with two attached hydrogens (primary N) is 1. The van der Waals surface area contributed by atoms with E-state index in [-0.39, 0.29) is 24.5 Å². The third kappa shape index (κ3) is 3.19. The number of nitrogens with zero attached hydrogens (tertiary/aromatic N) is 2. The number of hydrogen-bond acceptors (Lipinski definition) is 5. The molecule has 104 valence electrons. The molecule has 0 radical (unpaired) electrons. The van der Waals surface area contributed by atoms with Gasteiger partial charge in [-0.2, -0.15) is 5.10 Å². The summed E-state index contributed by atoms with van der Waals surface area (Å²) >= 11 is 0. The lowest BCUT2D eigenvalue weighted by Crippen LogP contribution is -2.35. The van der Waals surface area contributed by atoms with Gasteiger partial charge in [0.1, 0.15) is 5.71 Å². The molecular formula is C13H13N3O4. The second-order valence-electron chi connectivity index (χ2n) is 4.13. The Hall–Kier alpha value is -2.70. The number of carbonyl (C=O) groups excluding carboxylic acids is 3. The minimum Gasteiger partial charge on any atom is -0.451 e. The molecule has 1 heterocycles. The maximum Gasteiger partial charge on any atom is 0.355 e. The summed E-state index contributed by atoms with van der Waals surface area (Å²) in [4.78, 5) is 34.1. The van der Waals surface area contributed by atoms with Crippen molar-refractivity contribution in [2.24, 2.45) is 10.8 Å². The van der Waals surface area contributed by atoms with E-state index >= 15 is 0 Å². The van der Waals surface area contributed by atoms with Crippen LogP contribution >= 0.6 is 0 Å². The molecule has 0 bridgehead atoms. The van der Waals surface area contributed by atoms with Gasteiger partial charge in [-0.3, -0.25) is 9.59 Å². The number of primary amides is 1. The van der Waals surface area contributed by atoms with Crippen molar-refractivity contribution in [2.45, 2.75) is 12.8 Å². The fraction of sp³-hybridized carbons (Fsp3) is 0.231. The van der Waals surface area contributed by atoms with Crippen molar-refractivity contribution < 1.29 is 19.1 Å². The average molecular weight is 275 g/mol. The van der Waals surface area contributed by atoms with Gasteiger partial charge in [0.2, 0.25) is 5.91 Å². The molecule has 0 unspecified atom stereocenters. The van der Waals surface area contributed by atoms with E-state index in [0.29, 0.717) is 5.69 Å². The molecule has 0 fully saturated rings. The Bertz CT molecular complexity index is 568. The first-order valence-electron chi connectivity index (χ1n) is 5.99. The SMILES string of the molecule is NC(=O)COC(=O)C1=NN(c2ccccc2)C(=O)CC1. The highest BCUT2D eigenvalue weighted by atomic mass is 16.5. The second kappa shape index (κ2) is 5.96. The van der Waals surface area contributed by atoms with E-state index in [1.165, 1.54) is 0 Å². The lowest BCUT2D eigenvalue weighted by molar-refractivity contribution is -0.141. The van der Waals surface area contributed by atoms with Crippen LogP contribution in [0.5, 0.6) is 0 Å². The average Bonchev–Trinajstić information content (AvgIpc) is 2.46. The van der Waals surface area contributed by atoms with Crippen LogP contribution in [0.2, 0.25) is 0 Å². The molecule has 0 saturated heterocycles. The lowest BCUT2D eigenvalue weighted by Gasteiger charge is -2.22. The quantitative estimate of drug-likeness (QED) is 0.793. The van der Waals surface area contributed by atoms with E-state index in [2.05, 4.69) is 9.84 Å². The first-order chi connectivity index (χ1) is 9.58. The number of ether oxygens (including phenoxy) is 1. The van der Waals surface area contributed by atoms with Crippen LogP contribution in [0.25, 0.3) is 0 Å². The molecule has 7 nitrogen and oxygen atoms in total. The van der Waals surface area contributed by atoms with Crippen LogP contribution in [-0.2, 0) is 19.1 Å². The predicted octanol–water partition coefficient (Wildman–Crippen LogP) is 0.198. The second-order valence-corrected chi connectivity index (χ2v) is 4.13. The molecule has 1 aromatic carbocycles. The van der Waals surface area contributed by atoms with Crippen LogP contribution in [0.15, 0.2) is 35.4 Å². The standard InChI is InChI=1S/C13H13N3O4/c14-11(17)8-20-13(19)10-6-7-12(18)16(15-10)9-4-2-1-3-5-9/h1-5H,6-8H2,(H2,14,17). The molecule has 0 spiro atoms. The molecule has 1 aliphatic heterocycles. The Morgan fingerprint density at radius 1 is 1.25 bits per heavy atom. The molecule has 0 aromatic heterocycles. The summed E-state index contributed by atoms with van der Waals surface area (Å²) in [5.74, 6) is -1.69. The van der Waals surface area contributed by atoms with E-state index < -0.39 is 18.5 Å². The van der Waals surface area contributed by atoms with Crippen molar-refractivity contribution in [3.05, 3.63) is 30.3 Å². The van der Waals surface area contributed by atoms with Crippen molar-refractivity contribution >= 4 is 29.2 Å². The van der Waals surface area contributed by atoms with E-state index in [1.807, 2.05) is 6.07 Å². The molecule has 0 saturated carbocycles. The number of anilines is 1. The summed E-state index contributed by atoms with van der Waals surface area (Å²) in [5, 5.41) is 5.14. The molecule has 1 aliphatic rings. The highest BCUT2D eigenvalue weighted by molar-refractivity contribution is 6.38. The molecule has 20 heavy (non-hydrogen) atoms. The number of carbonyl (C=O) groups is 3. The third-order valence-corrected chi connectivity index (χ3v) is 2.61. The minimum absolute atomic E-state index is 0.0923. The first-order valence-corrected chi connectivity index (χ1v) is 5.99. The number of benzene rings is 1. The molecule has 2 amide bonds. The van der Waals surface area contributed by atoms with Gasteiger partial charge in [0.25, 0.3) is 5.91 Å². The van der Waals surface area contributed by atoms with Crippen LogP contribution in [0, 0.1) is 0 Å². The Morgan fingerprint density at radius 3 is 2.60 bits per heavy atom. The van der Waals surface area contributed by atoms with Gasteiger partial charge < -0.3 is 10.5 Å². The number of hydrazone groups is 1. The molecule has 7 heteroatoms. The molecule has 0 aliphatic carbocycles. The van der Waals surface area contributed by atoms with Gasteiger partial charge in [0, 0.05) is 12.8 Å². The van der Waals surface area contributed by atoms with Crippen LogP contribution in [0.1, 0.15) is 12.8 Å². The largest absolute Gasteiger partial charge is 0.451 e. The van der Waals surface area contributed by atoms with Crippen molar-refractivity contribution in [3.8, 4) is 0 Å². The van der Waals surface area contributed by atoms with Crippen LogP contribution in [-0.4, -0.2) is 30.1 Å². The van der Waals surface area contributed by atoms with Gasteiger partial charge in [-0.1, -0.05) is 18.2 Å². The van der Waals surface area contributed by atoms with Crippen molar-refractivity contribution in [1.29, 1.82) is 0 Å². The van der Waals surface area contributed by atoms with Crippen LogP contribution in [0.4, 0.5) is 5.69 Å². The van der Waals surface area contributed by atoms with E-state index in [9.17, 15) is 14.4 Å². The van der Waals surface area contributed by atoms with Gasteiger partial charge in [-0.15, -0.1) is 0 Å². The van der Waals surface area contributed by atoms with Gasteiger partial charge in [-0.05, 0) is 12.1 Å². The number of para-hydroxylation sites is 1. The van der Waals surface area contributed by atoms with E-state index in [0.717, 1.165) is 5.01 Å². The number of amides is 2. The summed E-state index contributed by atoms with van der Waals surface area (Å²) in [6.07, 6.45) is 0.333. The number of esters is 1. The van der Waals surface area contributed by atoms with Gasteiger partial charge >= 0.3 is 5.97 Å². The summed E-state index contributed by atoms with van der Waals surface area (Å²) in [7, 11) is 0. The zero-order chi connectivity index (χ0) is 14.5. The normalized spacial score (nSPS) is 14.7. The van der Waals surface area contributed by atoms with Gasteiger partial charge in [0.15, 0.2) is 6.61 Å². The molecule has 2 rings (SSSR count). The predicted molar refractivity (Wildman–Crippen MR) is 70.8 cm³/mol. The summed E-state index contributed by atoms with van der Waals surface area (Å²) < 4.78 is 4.68. The number of hydrogen-bond donors (Lipinski definition) is 1. The van der Waals surface area contributed by atoms with Crippen LogP contribution in [0.3, 0.4) is 0 Å². The Balaban J connectivity index is 2.16. The van der Waals surface area contributed by atoms with Gasteiger partial charge in [0.05, 0.1) is 5.69 Å². The Kier molecular flexibility index (Phi) is 4.09. The zero-order valence-corrected chi connectivity index (χ0v) is 10.6. The molecular weight excluding hydrogens is 262 g/mol. The zero-order valence-electron chi connectivity index (χ0n) is 10.6. The third-order valence-electron chi connectivity index (χ3n) is 2.61. The van der Waals surface area contributed by atoms with Crippen LogP contribution < -0.4 is 10.7 Å². The first kappa shape index (κ1) is 13.7. The summed E-state index contributed by atoms with van der Waals surface area (Å²) in [6, 6.07) is 8.75. The molecule has 0 atom stereocenters. The van der Waals surface area contributed by atoms with Crippen molar-refractivity contribution in [1.82, 2.24) is 0 Å². The highest BCUT2D eigenvalue weighted by Crippen LogP contribution is 2.19. The Morgan fingerprint density at radius 2 is 1.95 bits per heavy atom. The molecule has 2 N–H and O–H groups in total. The van der Waals surface area contributed by atoms with Gasteiger partial charge in [-0.25, -0.2) is 9.80 Å². The topological polar surface area (TPSA) is 102 Å². The summed E-state index contributed by atoms with van der Waals surface area (Å²) in [5.41, 5.74) is 5.55. The highest BCUT2D eigenvalue weighted by Gasteiger charge is 2.26. The lowest BCUT2D eigenvalue weighted by atomic mass is 10.1. The van der Waals surface area contributed by atoms with Crippen molar-refractivity contribution in [3.63, 3.8) is 0 Å². The smallest absolute Gasteiger partial charge is 0.355 e. The minimum atomic E-state index is -0.745. The molecule has 1 aromatic rings. The fourth-order valence-electron chi connectivity index (χ4n) is 1.69. The monoisotopic (exact) mass is 275 g/mol. The van der Waals surface area contributed by atoms with E-state index in [4.69, 9.17) is 5.73 Å². The summed E-state index contributed by atoms with van der Waals surface area (Å²) in [6.45, 7) is -0.503.